The van der Waals surface area contributed by atoms with E-state index in [0.29, 0.717) is 22.7 Å². The van der Waals surface area contributed by atoms with Gasteiger partial charge >= 0.3 is 5.97 Å². The van der Waals surface area contributed by atoms with Gasteiger partial charge in [0.25, 0.3) is 5.91 Å². The van der Waals surface area contributed by atoms with E-state index >= 15 is 0 Å². The number of thiophene rings is 1. The number of anilines is 1. The van der Waals surface area contributed by atoms with Crippen LogP contribution < -0.4 is 5.32 Å². The highest BCUT2D eigenvalue weighted by Gasteiger charge is 2.15. The number of aryl methyl sites for hydroxylation is 1. The van der Waals surface area contributed by atoms with Gasteiger partial charge in [0, 0.05) is 6.42 Å². The van der Waals surface area contributed by atoms with E-state index in [1.165, 1.54) is 12.3 Å². The average molecular weight is 265 g/mol. The molecule has 1 amide bonds. The van der Waals surface area contributed by atoms with Gasteiger partial charge in [-0.1, -0.05) is 6.92 Å². The van der Waals surface area contributed by atoms with Crippen LogP contribution in [0, 0.1) is 0 Å². The van der Waals surface area contributed by atoms with E-state index in [1.807, 2.05) is 6.92 Å². The maximum absolute atomic E-state index is 11.9. The van der Waals surface area contributed by atoms with Gasteiger partial charge in [-0.05, 0) is 18.2 Å². The second-order valence-electron chi connectivity index (χ2n) is 3.53. The highest BCUT2D eigenvalue weighted by atomic mass is 32.1. The summed E-state index contributed by atoms with van der Waals surface area (Å²) in [6.07, 6.45) is 2.09. The minimum Gasteiger partial charge on any atom is -0.477 e. The first kappa shape index (κ1) is 12.4. The van der Waals surface area contributed by atoms with E-state index < -0.39 is 5.97 Å². The summed E-state index contributed by atoms with van der Waals surface area (Å²) in [7, 11) is 0. The van der Waals surface area contributed by atoms with Crippen LogP contribution in [0.25, 0.3) is 0 Å². The molecule has 0 aromatic carbocycles. The van der Waals surface area contributed by atoms with Crippen molar-refractivity contribution in [3.05, 3.63) is 40.7 Å². The van der Waals surface area contributed by atoms with Crippen molar-refractivity contribution >= 4 is 28.2 Å². The van der Waals surface area contributed by atoms with Gasteiger partial charge in [-0.25, -0.2) is 4.79 Å². The molecule has 0 atom stereocenters. The zero-order valence-electron chi connectivity index (χ0n) is 9.60. The molecular weight excluding hydrogens is 254 g/mol. The van der Waals surface area contributed by atoms with E-state index in [9.17, 15) is 9.59 Å². The van der Waals surface area contributed by atoms with Crippen LogP contribution in [-0.4, -0.2) is 17.0 Å². The number of aromatic carboxylic acids is 1. The fourth-order valence-corrected chi connectivity index (χ4v) is 2.26. The summed E-state index contributed by atoms with van der Waals surface area (Å²) in [5.41, 5.74) is 0.475. The molecule has 0 aliphatic rings. The molecule has 2 N–H and O–H groups in total. The maximum atomic E-state index is 11.9. The first-order chi connectivity index (χ1) is 8.61. The molecule has 0 saturated heterocycles. The van der Waals surface area contributed by atoms with Crippen molar-refractivity contribution in [1.29, 1.82) is 0 Å². The lowest BCUT2D eigenvalue weighted by molar-refractivity contribution is 0.0702. The first-order valence-corrected chi connectivity index (χ1v) is 6.14. The smallest absolute Gasteiger partial charge is 0.345 e. The van der Waals surface area contributed by atoms with Gasteiger partial charge < -0.3 is 14.8 Å². The largest absolute Gasteiger partial charge is 0.477 e. The fourth-order valence-electron chi connectivity index (χ4n) is 1.52. The number of carbonyl (C=O) groups excluding carboxylic acids is 1. The van der Waals surface area contributed by atoms with Crippen molar-refractivity contribution in [2.24, 2.45) is 0 Å². The molecule has 0 fully saturated rings. The third kappa shape index (κ3) is 2.43. The molecule has 94 valence electrons. The highest BCUT2D eigenvalue weighted by Crippen LogP contribution is 2.23. The zero-order valence-corrected chi connectivity index (χ0v) is 10.4. The Balaban J connectivity index is 2.13. The van der Waals surface area contributed by atoms with Crippen LogP contribution in [0.1, 0.15) is 32.7 Å². The monoisotopic (exact) mass is 265 g/mol. The number of carbonyl (C=O) groups is 2. The molecule has 2 rings (SSSR count). The van der Waals surface area contributed by atoms with Crippen molar-refractivity contribution in [2.75, 3.05) is 5.32 Å². The molecule has 0 radical (unpaired) electrons. The van der Waals surface area contributed by atoms with Crippen LogP contribution in [-0.2, 0) is 6.42 Å². The van der Waals surface area contributed by atoms with E-state index in [0.717, 1.165) is 11.3 Å². The van der Waals surface area contributed by atoms with Crippen LogP contribution in [0.15, 0.2) is 28.9 Å². The van der Waals surface area contributed by atoms with Crippen LogP contribution in [0.3, 0.4) is 0 Å². The fraction of sp³-hybridized carbons (Fsp3) is 0.167. The Morgan fingerprint density at radius 3 is 2.78 bits per heavy atom. The Hall–Kier alpha value is -2.08. The Morgan fingerprint density at radius 1 is 1.39 bits per heavy atom. The molecule has 0 bridgehead atoms. The van der Waals surface area contributed by atoms with Crippen molar-refractivity contribution < 1.29 is 19.1 Å². The van der Waals surface area contributed by atoms with Gasteiger partial charge in [-0.15, -0.1) is 11.3 Å². The number of hydrogen-bond acceptors (Lipinski definition) is 4. The number of hydrogen-bond donors (Lipinski definition) is 2. The molecule has 2 aromatic heterocycles. The molecule has 0 aliphatic carbocycles. The van der Waals surface area contributed by atoms with Gasteiger partial charge in [-0.3, -0.25) is 4.79 Å². The maximum Gasteiger partial charge on any atom is 0.345 e. The number of amides is 1. The average Bonchev–Trinajstić information content (AvgIpc) is 2.96. The lowest BCUT2D eigenvalue weighted by Gasteiger charge is -2.01. The van der Waals surface area contributed by atoms with Gasteiger partial charge in [0.1, 0.15) is 10.6 Å². The van der Waals surface area contributed by atoms with E-state index in [1.54, 1.807) is 12.1 Å². The molecule has 6 heteroatoms. The van der Waals surface area contributed by atoms with Crippen LogP contribution in [0.2, 0.25) is 0 Å². The number of nitrogens with one attached hydrogen (secondary N) is 1. The third-order valence-corrected chi connectivity index (χ3v) is 3.35. The Bertz CT molecular complexity index is 584. The van der Waals surface area contributed by atoms with Gasteiger partial charge in [0.2, 0.25) is 0 Å². The molecular formula is C12H11NO4S. The van der Waals surface area contributed by atoms with Crippen molar-refractivity contribution in [3.63, 3.8) is 0 Å². The summed E-state index contributed by atoms with van der Waals surface area (Å²) in [4.78, 5) is 22.8. The highest BCUT2D eigenvalue weighted by molar-refractivity contribution is 7.18. The Kier molecular flexibility index (Phi) is 3.47. The van der Waals surface area contributed by atoms with Gasteiger partial charge in [0.05, 0.1) is 16.8 Å². The topological polar surface area (TPSA) is 79.5 Å². The first-order valence-electron chi connectivity index (χ1n) is 5.32. The molecule has 0 spiro atoms. The predicted molar refractivity (Wildman–Crippen MR) is 67.3 cm³/mol. The van der Waals surface area contributed by atoms with Gasteiger partial charge in [-0.2, -0.15) is 0 Å². The van der Waals surface area contributed by atoms with E-state index in [4.69, 9.17) is 9.52 Å². The van der Waals surface area contributed by atoms with Crippen molar-refractivity contribution in [3.8, 4) is 0 Å². The lowest BCUT2D eigenvalue weighted by atomic mass is 10.2. The molecule has 0 aliphatic heterocycles. The molecule has 18 heavy (non-hydrogen) atoms. The second-order valence-corrected chi connectivity index (χ2v) is 4.62. The summed E-state index contributed by atoms with van der Waals surface area (Å²) in [6.45, 7) is 1.89. The quantitative estimate of drug-likeness (QED) is 0.890. The minimum absolute atomic E-state index is 0.188. The second kappa shape index (κ2) is 5.05. The Labute approximate surface area is 107 Å². The van der Waals surface area contributed by atoms with Crippen LogP contribution >= 0.6 is 11.3 Å². The Morgan fingerprint density at radius 2 is 2.17 bits per heavy atom. The molecule has 0 saturated carbocycles. The number of rotatable bonds is 4. The molecule has 2 heterocycles. The summed E-state index contributed by atoms with van der Waals surface area (Å²) in [6, 6.07) is 4.62. The number of carboxylic acid groups (broad SMARTS) is 1. The normalized spacial score (nSPS) is 10.3. The SMILES string of the molecule is CCc1occc1C(=O)Nc1ccc(C(=O)O)s1. The van der Waals surface area contributed by atoms with E-state index in [-0.39, 0.29) is 10.8 Å². The van der Waals surface area contributed by atoms with Crippen molar-refractivity contribution in [2.45, 2.75) is 13.3 Å². The van der Waals surface area contributed by atoms with E-state index in [2.05, 4.69) is 5.32 Å². The molecule has 5 nitrogen and oxygen atoms in total. The summed E-state index contributed by atoms with van der Waals surface area (Å²) in [5, 5.41) is 11.9. The number of furan rings is 1. The van der Waals surface area contributed by atoms with Crippen LogP contribution in [0.4, 0.5) is 5.00 Å². The minimum atomic E-state index is -1.00. The third-order valence-electron chi connectivity index (χ3n) is 2.36. The van der Waals surface area contributed by atoms with Crippen LogP contribution in [0.5, 0.6) is 0 Å². The van der Waals surface area contributed by atoms with Crippen molar-refractivity contribution in [1.82, 2.24) is 0 Å². The zero-order chi connectivity index (χ0) is 13.1. The van der Waals surface area contributed by atoms with Gasteiger partial charge in [0.15, 0.2) is 0 Å². The standard InChI is InChI=1S/C12H11NO4S/c1-2-8-7(5-6-17-8)11(14)13-10-4-3-9(18-10)12(15)16/h3-6H,2H2,1H3,(H,13,14)(H,15,16). The lowest BCUT2D eigenvalue weighted by Crippen LogP contribution is -2.11. The number of carboxylic acids is 1. The summed E-state index contributed by atoms with van der Waals surface area (Å²) in [5.74, 6) is -0.681. The summed E-state index contributed by atoms with van der Waals surface area (Å²) >= 11 is 1.02. The molecule has 0 unspecified atom stereocenters. The predicted octanol–water partition coefficient (Wildman–Crippen LogP) is 2.85. The summed E-state index contributed by atoms with van der Waals surface area (Å²) < 4.78 is 5.16. The molecule has 2 aromatic rings.